The summed E-state index contributed by atoms with van der Waals surface area (Å²) in [6.07, 6.45) is 2.34. The van der Waals surface area contributed by atoms with Crippen LogP contribution in [0.15, 0.2) is 11.6 Å². The first-order valence-electron chi connectivity index (χ1n) is 7.91. The summed E-state index contributed by atoms with van der Waals surface area (Å²) in [5.41, 5.74) is -3.35. The van der Waals surface area contributed by atoms with Gasteiger partial charge in [-0.25, -0.2) is 4.79 Å². The number of rotatable bonds is 0. The van der Waals surface area contributed by atoms with Crippen LogP contribution >= 0.6 is 0 Å². The number of cyclic esters (lactones) is 1. The lowest BCUT2D eigenvalue weighted by Crippen LogP contribution is -2.61. The highest BCUT2D eigenvalue weighted by atomic mass is 16.6. The van der Waals surface area contributed by atoms with Crippen LogP contribution < -0.4 is 0 Å². The van der Waals surface area contributed by atoms with E-state index in [1.54, 1.807) is 0 Å². The summed E-state index contributed by atoms with van der Waals surface area (Å²) in [4.78, 5) is 26.9. The van der Waals surface area contributed by atoms with Gasteiger partial charge in [-0.2, -0.15) is 0 Å². The van der Waals surface area contributed by atoms with E-state index < -0.39 is 29.1 Å². The number of ether oxygens (including phenoxy) is 2. The molecule has 3 aliphatic rings. The molecule has 0 saturated carbocycles. The lowest BCUT2D eigenvalue weighted by Gasteiger charge is -2.39. The van der Waals surface area contributed by atoms with Gasteiger partial charge >= 0.3 is 11.9 Å². The van der Waals surface area contributed by atoms with Crippen LogP contribution in [0, 0.1) is 5.92 Å². The Kier molecular flexibility index (Phi) is 3.78. The molecule has 0 aromatic rings. The van der Waals surface area contributed by atoms with Gasteiger partial charge in [0, 0.05) is 13.1 Å². The van der Waals surface area contributed by atoms with Crippen LogP contribution in [-0.2, 0) is 19.1 Å². The lowest BCUT2D eigenvalue weighted by atomic mass is 9.76. The van der Waals surface area contributed by atoms with Crippen molar-refractivity contribution < 1.29 is 29.3 Å². The van der Waals surface area contributed by atoms with Crippen LogP contribution in [0.25, 0.3) is 0 Å². The Balaban J connectivity index is 1.97. The molecule has 0 bridgehead atoms. The maximum atomic E-state index is 12.4. The first kappa shape index (κ1) is 16.4. The molecule has 2 fully saturated rings. The normalized spacial score (nSPS) is 44.9. The van der Waals surface area contributed by atoms with Crippen molar-refractivity contribution in [2.75, 3.05) is 19.7 Å². The Hall–Kier alpha value is -1.44. The second-order valence-corrected chi connectivity index (χ2v) is 7.00. The molecule has 2 saturated heterocycles. The van der Waals surface area contributed by atoms with E-state index in [2.05, 4.69) is 4.90 Å². The molecular formula is C16H23NO6. The molecule has 3 heterocycles. The minimum Gasteiger partial charge on any atom is -0.460 e. The molecule has 3 aliphatic heterocycles. The molecule has 7 nitrogen and oxygen atoms in total. The first-order valence-corrected chi connectivity index (χ1v) is 7.91. The molecule has 0 aromatic carbocycles. The Morgan fingerprint density at radius 3 is 2.70 bits per heavy atom. The fourth-order valence-electron chi connectivity index (χ4n) is 3.52. The van der Waals surface area contributed by atoms with E-state index in [0.717, 1.165) is 25.6 Å². The summed E-state index contributed by atoms with van der Waals surface area (Å²) in [6.45, 7) is 5.41. The SMILES string of the molecule is C[C@H]1C(=O)O[C@@H]2CCN3CC=C(COC(=O)[C@](C)(O)[C@]1(C)O)C23. The molecule has 3 rings (SSSR count). The second-order valence-electron chi connectivity index (χ2n) is 7.00. The van der Waals surface area contributed by atoms with E-state index in [-0.39, 0.29) is 18.8 Å². The van der Waals surface area contributed by atoms with Gasteiger partial charge in [-0.15, -0.1) is 0 Å². The zero-order valence-electron chi connectivity index (χ0n) is 13.6. The third kappa shape index (κ3) is 2.38. The van der Waals surface area contributed by atoms with E-state index in [0.29, 0.717) is 6.42 Å². The van der Waals surface area contributed by atoms with Crippen LogP contribution in [0.1, 0.15) is 27.2 Å². The van der Waals surface area contributed by atoms with E-state index in [1.807, 2.05) is 6.08 Å². The third-order valence-electron chi connectivity index (χ3n) is 5.63. The Bertz CT molecular complexity index is 567. The largest absolute Gasteiger partial charge is 0.460 e. The van der Waals surface area contributed by atoms with Gasteiger partial charge < -0.3 is 19.7 Å². The van der Waals surface area contributed by atoms with Gasteiger partial charge in [-0.05, 0) is 32.8 Å². The van der Waals surface area contributed by atoms with Crippen molar-refractivity contribution in [3.8, 4) is 0 Å². The summed E-state index contributed by atoms with van der Waals surface area (Å²) in [5.74, 6) is -2.65. The molecule has 0 spiro atoms. The highest BCUT2D eigenvalue weighted by molar-refractivity contribution is 5.83. The molecule has 7 heteroatoms. The smallest absolute Gasteiger partial charge is 0.341 e. The molecule has 0 aliphatic carbocycles. The fraction of sp³-hybridized carbons (Fsp3) is 0.750. The average Bonchev–Trinajstić information content (AvgIpc) is 3.06. The van der Waals surface area contributed by atoms with E-state index in [4.69, 9.17) is 9.47 Å². The van der Waals surface area contributed by atoms with Gasteiger partial charge in [0.25, 0.3) is 0 Å². The predicted octanol–water partition coefficient (Wildman–Crippen LogP) is -0.393. The Morgan fingerprint density at radius 1 is 1.30 bits per heavy atom. The maximum absolute atomic E-state index is 12.4. The average molecular weight is 325 g/mol. The van der Waals surface area contributed by atoms with Crippen LogP contribution in [0.2, 0.25) is 0 Å². The van der Waals surface area contributed by atoms with Crippen LogP contribution in [0.4, 0.5) is 0 Å². The summed E-state index contributed by atoms with van der Waals surface area (Å²) < 4.78 is 10.8. The van der Waals surface area contributed by atoms with Crippen LogP contribution in [0.3, 0.4) is 0 Å². The minimum atomic E-state index is -2.22. The minimum absolute atomic E-state index is 0.0225. The van der Waals surface area contributed by atoms with Gasteiger partial charge in [-0.1, -0.05) is 6.08 Å². The van der Waals surface area contributed by atoms with Gasteiger partial charge in [0.05, 0.1) is 12.0 Å². The van der Waals surface area contributed by atoms with Crippen molar-refractivity contribution in [3.63, 3.8) is 0 Å². The number of esters is 2. The zero-order valence-corrected chi connectivity index (χ0v) is 13.6. The van der Waals surface area contributed by atoms with Crippen molar-refractivity contribution in [1.29, 1.82) is 0 Å². The highest BCUT2D eigenvalue weighted by Gasteiger charge is 2.56. The van der Waals surface area contributed by atoms with Gasteiger partial charge in [0.2, 0.25) is 0 Å². The van der Waals surface area contributed by atoms with Crippen molar-refractivity contribution in [2.45, 2.75) is 50.5 Å². The van der Waals surface area contributed by atoms with Crippen molar-refractivity contribution in [3.05, 3.63) is 11.6 Å². The van der Waals surface area contributed by atoms with E-state index in [1.165, 1.54) is 13.8 Å². The van der Waals surface area contributed by atoms with Crippen molar-refractivity contribution >= 4 is 11.9 Å². The number of carbonyl (C=O) groups is 2. The van der Waals surface area contributed by atoms with Gasteiger partial charge in [0.15, 0.2) is 5.60 Å². The molecule has 2 N–H and O–H groups in total. The second kappa shape index (κ2) is 5.29. The standard InChI is InChI=1S/C16H23NO6/c1-9-13(18)23-11-5-7-17-6-4-10(12(11)17)8-22-14(19)16(3,21)15(9,2)20/h4,9,11-12,20-21H,5-8H2,1-3H3/t9-,11+,12?,15+,16-/m0/s1. The number of nitrogens with zero attached hydrogens (tertiary/aromatic N) is 1. The molecule has 0 aromatic heterocycles. The zero-order chi connectivity index (χ0) is 17.0. The quantitative estimate of drug-likeness (QED) is 0.462. The summed E-state index contributed by atoms with van der Waals surface area (Å²) in [6, 6.07) is -0.0908. The maximum Gasteiger partial charge on any atom is 0.341 e. The number of hydrogen-bond acceptors (Lipinski definition) is 7. The first-order chi connectivity index (χ1) is 10.7. The molecule has 23 heavy (non-hydrogen) atoms. The predicted molar refractivity (Wildman–Crippen MR) is 79.3 cm³/mol. The Morgan fingerprint density at radius 2 is 2.00 bits per heavy atom. The van der Waals surface area contributed by atoms with E-state index >= 15 is 0 Å². The monoisotopic (exact) mass is 325 g/mol. The van der Waals surface area contributed by atoms with Crippen molar-refractivity contribution in [1.82, 2.24) is 4.90 Å². The van der Waals surface area contributed by atoms with Gasteiger partial charge in [0.1, 0.15) is 18.3 Å². The molecular weight excluding hydrogens is 302 g/mol. The lowest BCUT2D eigenvalue weighted by molar-refractivity contribution is -0.205. The van der Waals surface area contributed by atoms with E-state index in [9.17, 15) is 19.8 Å². The molecule has 0 radical (unpaired) electrons. The summed E-state index contributed by atoms with van der Waals surface area (Å²) >= 11 is 0. The fourth-order valence-corrected chi connectivity index (χ4v) is 3.52. The number of carbonyl (C=O) groups excluding carboxylic acids is 2. The van der Waals surface area contributed by atoms with Gasteiger partial charge in [-0.3, -0.25) is 9.69 Å². The molecule has 5 atom stereocenters. The molecule has 0 amide bonds. The summed E-state index contributed by atoms with van der Waals surface area (Å²) in [5, 5.41) is 21.1. The number of hydrogen-bond donors (Lipinski definition) is 2. The van der Waals surface area contributed by atoms with Crippen molar-refractivity contribution in [2.24, 2.45) is 5.92 Å². The highest BCUT2D eigenvalue weighted by Crippen LogP contribution is 2.36. The van der Waals surface area contributed by atoms with Crippen LogP contribution in [0.5, 0.6) is 0 Å². The molecule has 128 valence electrons. The van der Waals surface area contributed by atoms with Crippen LogP contribution in [-0.4, -0.2) is 70.1 Å². The summed E-state index contributed by atoms with van der Waals surface area (Å²) in [7, 11) is 0. The number of aliphatic hydroxyl groups is 2. The third-order valence-corrected chi connectivity index (χ3v) is 5.63. The topological polar surface area (TPSA) is 96.3 Å². The molecule has 1 unspecified atom stereocenters. The Labute approximate surface area is 134 Å².